The molecule has 0 spiro atoms. The van der Waals surface area contributed by atoms with Crippen molar-refractivity contribution in [2.24, 2.45) is 0 Å². The number of ether oxygens (including phenoxy) is 1. The van der Waals surface area contributed by atoms with Gasteiger partial charge in [-0.15, -0.1) is 0 Å². The Balaban J connectivity index is 2.04. The molecule has 0 fully saturated rings. The van der Waals surface area contributed by atoms with E-state index >= 15 is 0 Å². The number of hydrogen-bond acceptors (Lipinski definition) is 4. The zero-order valence-corrected chi connectivity index (χ0v) is 11.8. The fraction of sp³-hybridized carbons (Fsp3) is 0.176. The normalized spacial score (nSPS) is 10.3. The largest absolute Gasteiger partial charge is 0.507 e. The van der Waals surface area contributed by atoms with Gasteiger partial charge in [0.25, 0.3) is 0 Å². The minimum absolute atomic E-state index is 0.176. The van der Waals surface area contributed by atoms with Crippen LogP contribution in [0.15, 0.2) is 48.6 Å². The first-order chi connectivity index (χ1) is 9.97. The Morgan fingerprint density at radius 2 is 2.00 bits per heavy atom. The van der Waals surface area contributed by atoms with E-state index < -0.39 is 5.97 Å². The molecule has 2 aromatic carbocycles. The Morgan fingerprint density at radius 1 is 1.24 bits per heavy atom. The number of aromatic hydroxyl groups is 1. The van der Waals surface area contributed by atoms with Gasteiger partial charge in [-0.1, -0.05) is 36.9 Å². The van der Waals surface area contributed by atoms with Crippen molar-refractivity contribution in [3.63, 3.8) is 0 Å². The van der Waals surface area contributed by atoms with Crippen LogP contribution in [0.5, 0.6) is 5.75 Å². The van der Waals surface area contributed by atoms with E-state index in [9.17, 15) is 14.7 Å². The summed E-state index contributed by atoms with van der Waals surface area (Å²) in [6.45, 7) is 4.72. The van der Waals surface area contributed by atoms with E-state index in [1.54, 1.807) is 24.3 Å². The lowest BCUT2D eigenvalue weighted by atomic mass is 10.0. The summed E-state index contributed by atoms with van der Waals surface area (Å²) < 4.78 is 4.82. The van der Waals surface area contributed by atoms with E-state index in [2.05, 4.69) is 6.58 Å². The third kappa shape index (κ3) is 3.69. The Labute approximate surface area is 122 Å². The van der Waals surface area contributed by atoms with Crippen LogP contribution in [-0.4, -0.2) is 23.5 Å². The standard InChI is InChI=1S/C17H16O4/c1-11(2)17(20)21-10-14(18)9-12-6-7-15-13(8-12)4-3-5-16(15)19/h3-8,19H,1,9-10H2,2H3. The van der Waals surface area contributed by atoms with E-state index in [1.165, 1.54) is 6.92 Å². The highest BCUT2D eigenvalue weighted by molar-refractivity contribution is 5.92. The van der Waals surface area contributed by atoms with Crippen LogP contribution in [0.25, 0.3) is 10.8 Å². The average molecular weight is 284 g/mol. The number of ketones is 1. The molecular formula is C17H16O4. The number of phenolic OH excluding ortho intramolecular Hbond substituents is 1. The summed E-state index contributed by atoms with van der Waals surface area (Å²) in [5, 5.41) is 11.3. The van der Waals surface area contributed by atoms with Crippen LogP contribution in [0.1, 0.15) is 12.5 Å². The zero-order chi connectivity index (χ0) is 15.4. The first kappa shape index (κ1) is 14.8. The first-order valence-electron chi connectivity index (χ1n) is 6.52. The molecule has 0 heterocycles. The van der Waals surface area contributed by atoms with Crippen LogP contribution in [0.3, 0.4) is 0 Å². The van der Waals surface area contributed by atoms with Crippen molar-refractivity contribution >= 4 is 22.5 Å². The maximum atomic E-state index is 11.8. The highest BCUT2D eigenvalue weighted by Gasteiger charge is 2.09. The summed E-state index contributed by atoms with van der Waals surface area (Å²) >= 11 is 0. The molecule has 0 aromatic heterocycles. The summed E-state index contributed by atoms with van der Waals surface area (Å²) in [7, 11) is 0. The van der Waals surface area contributed by atoms with Gasteiger partial charge in [-0.25, -0.2) is 4.79 Å². The predicted octanol–water partition coefficient (Wildman–Crippen LogP) is 2.78. The van der Waals surface area contributed by atoms with Crippen molar-refractivity contribution in [3.05, 3.63) is 54.1 Å². The number of Topliss-reactive ketones (excluding diaryl/α,β-unsaturated/α-hetero) is 1. The van der Waals surface area contributed by atoms with Crippen LogP contribution >= 0.6 is 0 Å². The molecule has 21 heavy (non-hydrogen) atoms. The van der Waals surface area contributed by atoms with E-state index in [-0.39, 0.29) is 30.1 Å². The fourth-order valence-electron chi connectivity index (χ4n) is 1.97. The minimum atomic E-state index is -0.563. The van der Waals surface area contributed by atoms with Gasteiger partial charge in [0, 0.05) is 17.4 Å². The van der Waals surface area contributed by atoms with Crippen molar-refractivity contribution in [1.29, 1.82) is 0 Å². The number of fused-ring (bicyclic) bond motifs is 1. The van der Waals surface area contributed by atoms with Crippen LogP contribution < -0.4 is 0 Å². The van der Waals surface area contributed by atoms with Crippen LogP contribution in [0, 0.1) is 0 Å². The average Bonchev–Trinajstić information content (AvgIpc) is 2.44. The summed E-state index contributed by atoms with van der Waals surface area (Å²) in [6.07, 6.45) is 0.176. The molecule has 4 heteroatoms. The van der Waals surface area contributed by atoms with E-state index in [0.29, 0.717) is 0 Å². The molecule has 0 atom stereocenters. The van der Waals surface area contributed by atoms with Crippen LogP contribution in [0.2, 0.25) is 0 Å². The first-order valence-corrected chi connectivity index (χ1v) is 6.52. The quantitative estimate of drug-likeness (QED) is 0.677. The summed E-state index contributed by atoms with van der Waals surface area (Å²) in [6, 6.07) is 10.6. The third-order valence-corrected chi connectivity index (χ3v) is 3.04. The van der Waals surface area contributed by atoms with Crippen molar-refractivity contribution in [3.8, 4) is 5.75 Å². The van der Waals surface area contributed by atoms with E-state index in [4.69, 9.17) is 4.74 Å². The van der Waals surface area contributed by atoms with Crippen molar-refractivity contribution in [2.75, 3.05) is 6.61 Å². The van der Waals surface area contributed by atoms with Gasteiger partial charge in [0.1, 0.15) is 5.75 Å². The topological polar surface area (TPSA) is 63.6 Å². The van der Waals surface area contributed by atoms with Gasteiger partial charge in [0.05, 0.1) is 0 Å². The molecule has 0 aliphatic rings. The molecule has 0 bridgehead atoms. The van der Waals surface area contributed by atoms with E-state index in [1.807, 2.05) is 12.1 Å². The molecule has 2 rings (SSSR count). The summed E-state index contributed by atoms with van der Waals surface area (Å²) in [5.41, 5.74) is 1.08. The number of rotatable bonds is 5. The van der Waals surface area contributed by atoms with Gasteiger partial charge in [0.15, 0.2) is 12.4 Å². The molecule has 108 valence electrons. The Kier molecular flexibility index (Phi) is 4.38. The molecule has 1 N–H and O–H groups in total. The number of esters is 1. The lowest BCUT2D eigenvalue weighted by Gasteiger charge is -2.06. The molecule has 0 aliphatic heterocycles. The summed E-state index contributed by atoms with van der Waals surface area (Å²) in [5.74, 6) is -0.545. The molecule has 0 aliphatic carbocycles. The number of carbonyl (C=O) groups is 2. The fourth-order valence-corrected chi connectivity index (χ4v) is 1.97. The van der Waals surface area contributed by atoms with Gasteiger partial charge >= 0.3 is 5.97 Å². The second kappa shape index (κ2) is 6.22. The Hall–Kier alpha value is -2.62. The maximum absolute atomic E-state index is 11.8. The predicted molar refractivity (Wildman–Crippen MR) is 80.1 cm³/mol. The monoisotopic (exact) mass is 284 g/mol. The lowest BCUT2D eigenvalue weighted by Crippen LogP contribution is -2.15. The van der Waals surface area contributed by atoms with E-state index in [0.717, 1.165) is 16.3 Å². The second-order valence-electron chi connectivity index (χ2n) is 4.90. The number of benzene rings is 2. The zero-order valence-electron chi connectivity index (χ0n) is 11.8. The molecule has 0 unspecified atom stereocenters. The maximum Gasteiger partial charge on any atom is 0.333 e. The molecule has 0 radical (unpaired) electrons. The summed E-state index contributed by atoms with van der Waals surface area (Å²) in [4.78, 5) is 23.0. The Morgan fingerprint density at radius 3 is 2.71 bits per heavy atom. The van der Waals surface area contributed by atoms with Gasteiger partial charge in [-0.3, -0.25) is 4.79 Å². The SMILES string of the molecule is C=C(C)C(=O)OCC(=O)Cc1ccc2c(O)cccc2c1. The lowest BCUT2D eigenvalue weighted by molar-refractivity contribution is -0.143. The van der Waals surface area contributed by atoms with Crippen molar-refractivity contribution in [1.82, 2.24) is 0 Å². The number of phenols is 1. The van der Waals surface area contributed by atoms with Gasteiger partial charge in [-0.2, -0.15) is 0 Å². The van der Waals surface area contributed by atoms with Crippen molar-refractivity contribution < 1.29 is 19.4 Å². The molecule has 0 amide bonds. The Bertz CT molecular complexity index is 716. The van der Waals surface area contributed by atoms with Crippen LogP contribution in [-0.2, 0) is 20.7 Å². The van der Waals surface area contributed by atoms with Crippen LogP contribution in [0.4, 0.5) is 0 Å². The molecule has 0 saturated heterocycles. The molecule has 2 aromatic rings. The second-order valence-corrected chi connectivity index (χ2v) is 4.90. The number of hydrogen-bond donors (Lipinski definition) is 1. The minimum Gasteiger partial charge on any atom is -0.507 e. The highest BCUT2D eigenvalue weighted by Crippen LogP contribution is 2.25. The number of carbonyl (C=O) groups excluding carboxylic acids is 2. The van der Waals surface area contributed by atoms with Gasteiger partial charge < -0.3 is 9.84 Å². The molecule has 4 nitrogen and oxygen atoms in total. The molecular weight excluding hydrogens is 268 g/mol. The molecule has 0 saturated carbocycles. The van der Waals surface area contributed by atoms with Gasteiger partial charge in [0.2, 0.25) is 0 Å². The van der Waals surface area contributed by atoms with Gasteiger partial charge in [-0.05, 0) is 23.9 Å². The highest BCUT2D eigenvalue weighted by atomic mass is 16.5. The smallest absolute Gasteiger partial charge is 0.333 e. The van der Waals surface area contributed by atoms with Crippen molar-refractivity contribution in [2.45, 2.75) is 13.3 Å². The third-order valence-electron chi connectivity index (χ3n) is 3.04.